The monoisotopic (exact) mass is 338 g/mol. The number of carbonyl (C=O) groups excluding carboxylic acids is 1. The Bertz CT molecular complexity index is 741. The summed E-state index contributed by atoms with van der Waals surface area (Å²) >= 11 is 0. The Morgan fingerprint density at radius 1 is 1.24 bits per heavy atom. The lowest BCUT2D eigenvalue weighted by molar-refractivity contribution is -0.137. The van der Waals surface area contributed by atoms with Crippen LogP contribution in [0.2, 0.25) is 0 Å². The molecule has 0 saturated heterocycles. The smallest absolute Gasteiger partial charge is 0.322 e. The van der Waals surface area contributed by atoms with Crippen molar-refractivity contribution in [3.05, 3.63) is 18.2 Å². The van der Waals surface area contributed by atoms with E-state index in [0.717, 1.165) is 13.2 Å². The number of methoxy groups -OCH3 is 2. The Morgan fingerprint density at radius 2 is 1.86 bits per heavy atom. The number of nitrogens with one attached hydrogen (secondary N) is 1. The third-order valence-corrected chi connectivity index (χ3v) is 4.37. The second kappa shape index (κ2) is 6.28. The summed E-state index contributed by atoms with van der Waals surface area (Å²) in [6, 6.07) is 3.49. The number of ether oxygens (including phenoxy) is 2. The average Bonchev–Trinajstić information content (AvgIpc) is 2.36. The Hall–Kier alpha value is -1.85. The molecule has 0 bridgehead atoms. The molecular weight excluding hydrogens is 324 g/mol. The lowest BCUT2D eigenvalue weighted by Gasteiger charge is -2.11. The molecular formula is C10H14N2O7S2. The van der Waals surface area contributed by atoms with E-state index in [1.54, 1.807) is 0 Å². The van der Waals surface area contributed by atoms with E-state index in [1.165, 1.54) is 19.2 Å². The first-order valence-electron chi connectivity index (χ1n) is 5.37. The van der Waals surface area contributed by atoms with Gasteiger partial charge in [0.2, 0.25) is 20.0 Å². The lowest BCUT2D eigenvalue weighted by atomic mass is 10.3. The van der Waals surface area contributed by atoms with Gasteiger partial charge in [-0.25, -0.2) is 22.0 Å². The number of carbonyl (C=O) groups is 1. The fraction of sp³-hybridized carbons (Fsp3) is 0.300. The van der Waals surface area contributed by atoms with Gasteiger partial charge in [-0.2, -0.15) is 0 Å². The van der Waals surface area contributed by atoms with Crippen molar-refractivity contribution in [1.29, 1.82) is 0 Å². The van der Waals surface area contributed by atoms with Crippen LogP contribution >= 0.6 is 0 Å². The van der Waals surface area contributed by atoms with Crippen LogP contribution < -0.4 is 14.6 Å². The fourth-order valence-corrected chi connectivity index (χ4v) is 3.10. The number of anilines is 1. The number of hydrogen-bond donors (Lipinski definition) is 2. The Kier molecular flexibility index (Phi) is 5.15. The molecule has 0 aliphatic heterocycles. The minimum Gasteiger partial charge on any atom is -0.495 e. The van der Waals surface area contributed by atoms with Gasteiger partial charge >= 0.3 is 5.97 Å². The molecule has 0 aliphatic rings. The maximum Gasteiger partial charge on any atom is 0.322 e. The van der Waals surface area contributed by atoms with Crippen LogP contribution in [0.5, 0.6) is 5.75 Å². The lowest BCUT2D eigenvalue weighted by Crippen LogP contribution is -2.24. The number of benzene rings is 1. The Balaban J connectivity index is 3.14. The summed E-state index contributed by atoms with van der Waals surface area (Å²) in [6.45, 7) is 0. The average molecular weight is 338 g/mol. The molecule has 0 heterocycles. The van der Waals surface area contributed by atoms with Crippen LogP contribution in [0.15, 0.2) is 23.1 Å². The van der Waals surface area contributed by atoms with E-state index in [-0.39, 0.29) is 16.3 Å². The Labute approximate surface area is 122 Å². The van der Waals surface area contributed by atoms with E-state index in [1.807, 2.05) is 4.72 Å². The molecule has 1 rings (SSSR count). The van der Waals surface area contributed by atoms with Crippen molar-refractivity contribution in [2.45, 2.75) is 4.90 Å². The molecule has 0 unspecified atom stereocenters. The largest absolute Gasteiger partial charge is 0.495 e. The second-order valence-corrected chi connectivity index (χ2v) is 7.10. The second-order valence-electron chi connectivity index (χ2n) is 3.85. The van der Waals surface area contributed by atoms with E-state index < -0.39 is 31.8 Å². The van der Waals surface area contributed by atoms with Crippen LogP contribution in [-0.4, -0.2) is 42.8 Å². The zero-order chi connectivity index (χ0) is 16.3. The molecule has 0 saturated carbocycles. The van der Waals surface area contributed by atoms with Gasteiger partial charge in [0.25, 0.3) is 0 Å². The van der Waals surface area contributed by atoms with Crippen LogP contribution in [-0.2, 0) is 29.6 Å². The van der Waals surface area contributed by atoms with Gasteiger partial charge < -0.3 is 9.47 Å². The third-order valence-electron chi connectivity index (χ3n) is 2.28. The van der Waals surface area contributed by atoms with E-state index in [9.17, 15) is 21.6 Å². The standard InChI is InChI=1S/C10H14N2O7S2/c1-18-8-4-3-7(5-9(8)21(11,16)17)12-20(14,15)6-10(13)19-2/h3-5,12H,6H2,1-2H3,(H2,11,16,17). The number of rotatable bonds is 6. The molecule has 0 spiro atoms. The first-order valence-corrected chi connectivity index (χ1v) is 8.57. The van der Waals surface area contributed by atoms with Gasteiger partial charge in [0, 0.05) is 0 Å². The predicted molar refractivity (Wildman–Crippen MR) is 73.8 cm³/mol. The summed E-state index contributed by atoms with van der Waals surface area (Å²) in [4.78, 5) is 10.6. The molecule has 0 fully saturated rings. The van der Waals surface area contributed by atoms with Gasteiger partial charge in [0.05, 0.1) is 19.9 Å². The Morgan fingerprint density at radius 3 is 2.33 bits per heavy atom. The van der Waals surface area contributed by atoms with E-state index in [2.05, 4.69) is 4.74 Å². The summed E-state index contributed by atoms with van der Waals surface area (Å²) in [6.07, 6.45) is 0. The molecule has 21 heavy (non-hydrogen) atoms. The number of nitrogens with two attached hydrogens (primary N) is 1. The number of hydrogen-bond acceptors (Lipinski definition) is 7. The van der Waals surface area contributed by atoms with Crippen LogP contribution in [0.25, 0.3) is 0 Å². The highest BCUT2D eigenvalue weighted by Crippen LogP contribution is 2.26. The molecule has 0 atom stereocenters. The maximum absolute atomic E-state index is 11.7. The highest BCUT2D eigenvalue weighted by atomic mass is 32.2. The third kappa shape index (κ3) is 4.88. The number of esters is 1. The molecule has 118 valence electrons. The van der Waals surface area contributed by atoms with Crippen molar-refractivity contribution < 1.29 is 31.1 Å². The van der Waals surface area contributed by atoms with Gasteiger partial charge in [-0.15, -0.1) is 0 Å². The van der Waals surface area contributed by atoms with Crippen molar-refractivity contribution in [2.24, 2.45) is 5.14 Å². The summed E-state index contributed by atoms with van der Waals surface area (Å²) in [5.41, 5.74) is -0.0799. The van der Waals surface area contributed by atoms with Crippen LogP contribution in [0.1, 0.15) is 0 Å². The van der Waals surface area contributed by atoms with Crippen LogP contribution in [0.3, 0.4) is 0 Å². The zero-order valence-electron chi connectivity index (χ0n) is 11.2. The highest BCUT2D eigenvalue weighted by molar-refractivity contribution is 7.93. The topological polar surface area (TPSA) is 142 Å². The zero-order valence-corrected chi connectivity index (χ0v) is 12.8. The van der Waals surface area contributed by atoms with Gasteiger partial charge in [0.1, 0.15) is 10.6 Å². The predicted octanol–water partition coefficient (Wildman–Crippen LogP) is -0.743. The molecule has 1 aromatic carbocycles. The SMILES string of the molecule is COC(=O)CS(=O)(=O)Nc1ccc(OC)c(S(N)(=O)=O)c1. The van der Waals surface area contributed by atoms with E-state index >= 15 is 0 Å². The molecule has 3 N–H and O–H groups in total. The van der Waals surface area contributed by atoms with Crippen molar-refractivity contribution >= 4 is 31.7 Å². The van der Waals surface area contributed by atoms with Crippen molar-refractivity contribution in [3.8, 4) is 5.75 Å². The van der Waals surface area contributed by atoms with E-state index in [0.29, 0.717) is 0 Å². The number of sulfonamides is 2. The molecule has 0 aliphatic carbocycles. The van der Waals surface area contributed by atoms with Gasteiger partial charge in [-0.3, -0.25) is 9.52 Å². The van der Waals surface area contributed by atoms with Crippen molar-refractivity contribution in [3.63, 3.8) is 0 Å². The van der Waals surface area contributed by atoms with Crippen molar-refractivity contribution in [1.82, 2.24) is 0 Å². The summed E-state index contributed by atoms with van der Waals surface area (Å²) in [5, 5.41) is 5.01. The molecule has 0 radical (unpaired) electrons. The molecule has 1 aromatic rings. The van der Waals surface area contributed by atoms with Gasteiger partial charge in [-0.05, 0) is 18.2 Å². The van der Waals surface area contributed by atoms with Gasteiger partial charge in [0.15, 0.2) is 5.75 Å². The molecule has 0 amide bonds. The molecule has 0 aromatic heterocycles. The van der Waals surface area contributed by atoms with Gasteiger partial charge in [-0.1, -0.05) is 0 Å². The fourth-order valence-electron chi connectivity index (χ4n) is 1.39. The highest BCUT2D eigenvalue weighted by Gasteiger charge is 2.20. The minimum absolute atomic E-state index is 0.0339. The molecule has 11 heteroatoms. The van der Waals surface area contributed by atoms with Crippen molar-refractivity contribution in [2.75, 3.05) is 24.7 Å². The summed E-state index contributed by atoms with van der Waals surface area (Å²) in [7, 11) is -5.84. The number of primary sulfonamides is 1. The summed E-state index contributed by atoms with van der Waals surface area (Å²) < 4.78 is 57.2. The molecule has 9 nitrogen and oxygen atoms in total. The van der Waals surface area contributed by atoms with Crippen LogP contribution in [0.4, 0.5) is 5.69 Å². The van der Waals surface area contributed by atoms with E-state index in [4.69, 9.17) is 9.88 Å². The summed E-state index contributed by atoms with van der Waals surface area (Å²) in [5.74, 6) is -1.89. The quantitative estimate of drug-likeness (QED) is 0.650. The maximum atomic E-state index is 11.7. The first kappa shape index (κ1) is 17.2. The normalized spacial score (nSPS) is 11.8. The van der Waals surface area contributed by atoms with Crippen LogP contribution in [0, 0.1) is 0 Å². The first-order chi connectivity index (χ1) is 9.59. The minimum atomic E-state index is -4.10.